The van der Waals surface area contributed by atoms with E-state index in [4.69, 9.17) is 0 Å². The van der Waals surface area contributed by atoms with Crippen molar-refractivity contribution in [2.45, 2.75) is 88.7 Å². The predicted molar refractivity (Wildman–Crippen MR) is 116 cm³/mol. The van der Waals surface area contributed by atoms with E-state index in [2.05, 4.69) is 13.8 Å². The van der Waals surface area contributed by atoms with Crippen molar-refractivity contribution >= 4 is 10.0 Å². The molecule has 31 heavy (non-hydrogen) atoms. The first-order valence-corrected chi connectivity index (χ1v) is 12.6. The largest absolute Gasteiger partial charge is 0.416 e. The summed E-state index contributed by atoms with van der Waals surface area (Å²) in [5, 5.41) is 9.31. The summed E-state index contributed by atoms with van der Waals surface area (Å²) < 4.78 is 65.2. The average molecular weight is 464 g/mol. The van der Waals surface area contributed by atoms with E-state index in [9.17, 15) is 26.7 Å². The highest BCUT2D eigenvalue weighted by Gasteiger charge is 2.33. The second-order valence-electron chi connectivity index (χ2n) is 9.64. The Morgan fingerprint density at radius 2 is 1.58 bits per heavy atom. The molecule has 0 radical (unpaired) electrons. The molecule has 8 heteroatoms. The van der Waals surface area contributed by atoms with Crippen molar-refractivity contribution in [1.29, 1.82) is 0 Å². The minimum Gasteiger partial charge on any atom is -0.396 e. The zero-order chi connectivity index (χ0) is 23.3. The smallest absolute Gasteiger partial charge is 0.396 e. The Morgan fingerprint density at radius 1 is 1.00 bits per heavy atom. The lowest BCUT2D eigenvalue weighted by molar-refractivity contribution is -0.137. The molecule has 1 fully saturated rings. The second-order valence-corrected chi connectivity index (χ2v) is 11.6. The maximum atomic E-state index is 12.9. The maximum absolute atomic E-state index is 12.9. The van der Waals surface area contributed by atoms with E-state index >= 15 is 0 Å². The standard InChI is InChI=1S/C23H36F3NO3S/c1-22(2,17-28)16-6-4-5-7-18-8-12-20(13-9-18)27(3)31(29,30)21-14-10-19(11-15-21)23(24,25)26/h10-11,14-15,18,20,28H,4-9,12-13,16-17H2,1-3H3. The van der Waals surface area contributed by atoms with E-state index in [1.807, 2.05) is 0 Å². The Kier molecular flexibility index (Phi) is 8.99. The van der Waals surface area contributed by atoms with Crippen LogP contribution in [0.3, 0.4) is 0 Å². The van der Waals surface area contributed by atoms with Crippen LogP contribution in [-0.4, -0.2) is 37.5 Å². The topological polar surface area (TPSA) is 57.6 Å². The van der Waals surface area contributed by atoms with Crippen molar-refractivity contribution in [1.82, 2.24) is 4.31 Å². The molecule has 1 aromatic carbocycles. The van der Waals surface area contributed by atoms with Crippen molar-refractivity contribution < 1.29 is 26.7 Å². The van der Waals surface area contributed by atoms with Gasteiger partial charge in [0.25, 0.3) is 0 Å². The Hall–Kier alpha value is -1.12. The van der Waals surface area contributed by atoms with Gasteiger partial charge in [-0.15, -0.1) is 0 Å². The highest BCUT2D eigenvalue weighted by atomic mass is 32.2. The SMILES string of the molecule is CN(C1CCC(CCCCCC(C)(C)CO)CC1)S(=O)(=O)c1ccc(C(F)(F)F)cc1. The molecule has 1 N–H and O–H groups in total. The normalized spacial score (nSPS) is 20.9. The van der Waals surface area contributed by atoms with Crippen molar-refractivity contribution in [3.63, 3.8) is 0 Å². The monoisotopic (exact) mass is 463 g/mol. The fraction of sp³-hybridized carbons (Fsp3) is 0.739. The Labute approximate surface area is 184 Å². The number of hydrogen-bond acceptors (Lipinski definition) is 3. The number of hydrogen-bond donors (Lipinski definition) is 1. The van der Waals surface area contributed by atoms with Crippen LogP contribution in [0.4, 0.5) is 13.2 Å². The summed E-state index contributed by atoms with van der Waals surface area (Å²) in [5.41, 5.74) is -0.865. The number of unbranched alkanes of at least 4 members (excludes halogenated alkanes) is 2. The molecule has 1 saturated carbocycles. The molecule has 0 atom stereocenters. The minimum atomic E-state index is -4.48. The lowest BCUT2D eigenvalue weighted by Crippen LogP contribution is -2.39. The van der Waals surface area contributed by atoms with Gasteiger partial charge in [0.05, 0.1) is 10.5 Å². The molecule has 0 unspecified atom stereocenters. The summed E-state index contributed by atoms with van der Waals surface area (Å²) in [5.74, 6) is 0.601. The molecule has 0 spiro atoms. The second kappa shape index (κ2) is 10.7. The summed E-state index contributed by atoms with van der Waals surface area (Å²) in [6.07, 6.45) is 4.57. The van der Waals surface area contributed by atoms with E-state index in [-0.39, 0.29) is 23.0 Å². The van der Waals surface area contributed by atoms with E-state index in [0.717, 1.165) is 82.1 Å². The lowest BCUT2D eigenvalue weighted by atomic mass is 9.82. The van der Waals surface area contributed by atoms with Gasteiger partial charge in [0.2, 0.25) is 10.0 Å². The predicted octanol–water partition coefficient (Wildman–Crippen LogP) is 5.85. The van der Waals surface area contributed by atoms with Gasteiger partial charge in [0.1, 0.15) is 0 Å². The van der Waals surface area contributed by atoms with E-state index < -0.39 is 21.8 Å². The molecule has 0 aromatic heterocycles. The van der Waals surface area contributed by atoms with Crippen LogP contribution < -0.4 is 0 Å². The maximum Gasteiger partial charge on any atom is 0.416 e. The number of aliphatic hydroxyl groups is 1. The zero-order valence-electron chi connectivity index (χ0n) is 18.8. The number of nitrogens with zero attached hydrogens (tertiary/aromatic N) is 1. The molecule has 178 valence electrons. The average Bonchev–Trinajstić information content (AvgIpc) is 2.73. The third-order valence-corrected chi connectivity index (χ3v) is 8.51. The first-order valence-electron chi connectivity index (χ1n) is 11.1. The quantitative estimate of drug-likeness (QED) is 0.443. The molecule has 0 heterocycles. The number of rotatable bonds is 10. The number of alkyl halides is 3. The Morgan fingerprint density at radius 3 is 2.10 bits per heavy atom. The van der Waals surface area contributed by atoms with Crippen LogP contribution >= 0.6 is 0 Å². The van der Waals surface area contributed by atoms with Gasteiger partial charge in [-0.3, -0.25) is 0 Å². The highest BCUT2D eigenvalue weighted by Crippen LogP contribution is 2.34. The molecular formula is C23H36F3NO3S. The zero-order valence-corrected chi connectivity index (χ0v) is 19.6. The summed E-state index contributed by atoms with van der Waals surface area (Å²) in [4.78, 5) is -0.101. The van der Waals surface area contributed by atoms with Crippen molar-refractivity contribution in [3.05, 3.63) is 29.8 Å². The van der Waals surface area contributed by atoms with E-state index in [1.165, 1.54) is 11.4 Å². The first kappa shape index (κ1) is 26.1. The summed E-state index contributed by atoms with van der Waals surface area (Å²) in [7, 11) is -2.28. The molecule has 0 saturated heterocycles. The molecular weight excluding hydrogens is 427 g/mol. The van der Waals surface area contributed by atoms with E-state index in [1.54, 1.807) is 0 Å². The molecule has 2 rings (SSSR count). The van der Waals surface area contributed by atoms with Gasteiger partial charge in [0.15, 0.2) is 0 Å². The van der Waals surface area contributed by atoms with Gasteiger partial charge in [0, 0.05) is 19.7 Å². The molecule has 1 aromatic rings. The fourth-order valence-electron chi connectivity index (χ4n) is 4.27. The number of aliphatic hydroxyl groups excluding tert-OH is 1. The number of halogens is 3. The Bertz CT molecular complexity index is 783. The molecule has 0 bridgehead atoms. The van der Waals surface area contributed by atoms with Gasteiger partial charge in [-0.25, -0.2) is 8.42 Å². The molecule has 1 aliphatic rings. The van der Waals surface area contributed by atoms with E-state index in [0.29, 0.717) is 5.92 Å². The van der Waals surface area contributed by atoms with Crippen LogP contribution in [-0.2, 0) is 16.2 Å². The molecule has 0 aliphatic heterocycles. The molecule has 1 aliphatic carbocycles. The Balaban J connectivity index is 1.81. The highest BCUT2D eigenvalue weighted by molar-refractivity contribution is 7.89. The van der Waals surface area contributed by atoms with Crippen LogP contribution in [0.25, 0.3) is 0 Å². The van der Waals surface area contributed by atoms with Crippen LogP contribution in [0.5, 0.6) is 0 Å². The summed E-state index contributed by atoms with van der Waals surface area (Å²) in [6, 6.07) is 3.60. The van der Waals surface area contributed by atoms with Crippen LogP contribution in [0, 0.1) is 11.3 Å². The van der Waals surface area contributed by atoms with Gasteiger partial charge in [-0.2, -0.15) is 17.5 Å². The van der Waals surface area contributed by atoms with Crippen LogP contribution in [0.15, 0.2) is 29.2 Å². The lowest BCUT2D eigenvalue weighted by Gasteiger charge is -2.34. The minimum absolute atomic E-state index is 0.0127. The van der Waals surface area contributed by atoms with Crippen LogP contribution in [0.2, 0.25) is 0 Å². The summed E-state index contributed by atoms with van der Waals surface area (Å²) in [6.45, 7) is 4.35. The summed E-state index contributed by atoms with van der Waals surface area (Å²) >= 11 is 0. The number of benzene rings is 1. The van der Waals surface area contributed by atoms with Crippen molar-refractivity contribution in [2.24, 2.45) is 11.3 Å². The third kappa shape index (κ3) is 7.46. The van der Waals surface area contributed by atoms with Crippen molar-refractivity contribution in [3.8, 4) is 0 Å². The fourth-order valence-corrected chi connectivity index (χ4v) is 5.68. The van der Waals surface area contributed by atoms with Crippen LogP contribution in [0.1, 0.15) is 77.2 Å². The van der Waals surface area contributed by atoms with Gasteiger partial charge in [-0.1, -0.05) is 39.5 Å². The molecule has 0 amide bonds. The first-order chi connectivity index (χ1) is 14.4. The van der Waals surface area contributed by atoms with Crippen molar-refractivity contribution in [2.75, 3.05) is 13.7 Å². The molecule has 4 nitrogen and oxygen atoms in total. The van der Waals surface area contributed by atoms with Gasteiger partial charge >= 0.3 is 6.18 Å². The van der Waals surface area contributed by atoms with Gasteiger partial charge < -0.3 is 5.11 Å². The van der Waals surface area contributed by atoms with Gasteiger partial charge in [-0.05, 0) is 67.7 Å². The third-order valence-electron chi connectivity index (χ3n) is 6.58. The number of sulfonamides is 1.